The summed E-state index contributed by atoms with van der Waals surface area (Å²) in [5, 5.41) is 17.9. The van der Waals surface area contributed by atoms with Crippen LogP contribution >= 0.6 is 0 Å². The summed E-state index contributed by atoms with van der Waals surface area (Å²) in [4.78, 5) is 13.9. The number of nitrogens with zero attached hydrogens (tertiary/aromatic N) is 6. The zero-order chi connectivity index (χ0) is 25.7. The maximum atomic E-state index is 9.54. The number of nitrogens with two attached hydrogens (primary N) is 1. The first-order chi connectivity index (χ1) is 17.4. The summed E-state index contributed by atoms with van der Waals surface area (Å²) in [6.45, 7) is 9.94. The van der Waals surface area contributed by atoms with Crippen molar-refractivity contribution < 1.29 is 9.84 Å². The van der Waals surface area contributed by atoms with Gasteiger partial charge in [0.05, 0.1) is 19.3 Å². The molecule has 3 heterocycles. The fourth-order valence-electron chi connectivity index (χ4n) is 4.93. The van der Waals surface area contributed by atoms with Crippen molar-refractivity contribution >= 4 is 22.8 Å². The number of anilines is 2. The summed E-state index contributed by atoms with van der Waals surface area (Å²) in [6, 6.07) is 6.50. The van der Waals surface area contributed by atoms with E-state index in [0.717, 1.165) is 73.6 Å². The molecule has 0 radical (unpaired) electrons. The smallest absolute Gasteiger partial charge is 0.222 e. The molecule has 1 atom stereocenters. The van der Waals surface area contributed by atoms with Gasteiger partial charge in [0.1, 0.15) is 16.8 Å². The summed E-state index contributed by atoms with van der Waals surface area (Å²) in [5.74, 6) is 1.68. The number of hydrogen-bond donors (Lipinski definition) is 3. The molecule has 1 aliphatic heterocycles. The van der Waals surface area contributed by atoms with Crippen molar-refractivity contribution in [2.24, 2.45) is 0 Å². The second kappa shape index (κ2) is 11.9. The number of likely N-dealkylation sites (N-methyl/N-ethyl adjacent to an activating group) is 1. The Balaban J connectivity index is 1.66. The molecule has 0 saturated carbocycles. The van der Waals surface area contributed by atoms with Crippen molar-refractivity contribution in [3.05, 3.63) is 35.0 Å². The maximum Gasteiger partial charge on any atom is 0.222 e. The number of aliphatic hydroxyl groups excluding tert-OH is 1. The normalized spacial score (nSPS) is 15.9. The molecule has 4 rings (SSSR count). The highest BCUT2D eigenvalue weighted by molar-refractivity contribution is 5.88. The monoisotopic (exact) mass is 496 g/mol. The summed E-state index contributed by atoms with van der Waals surface area (Å²) in [6.07, 6.45) is 2.55. The molecule has 36 heavy (non-hydrogen) atoms. The number of fused-ring (bicyclic) bond motifs is 1. The van der Waals surface area contributed by atoms with Gasteiger partial charge in [-0.25, -0.2) is 4.98 Å². The molecule has 1 saturated heterocycles. The van der Waals surface area contributed by atoms with Gasteiger partial charge in [-0.1, -0.05) is 19.4 Å². The summed E-state index contributed by atoms with van der Waals surface area (Å²) >= 11 is 0. The summed E-state index contributed by atoms with van der Waals surface area (Å²) < 4.78 is 7.65. The summed E-state index contributed by atoms with van der Waals surface area (Å²) in [7, 11) is 3.88. The van der Waals surface area contributed by atoms with Crippen LogP contribution in [0.25, 0.3) is 11.0 Å². The molecule has 0 amide bonds. The van der Waals surface area contributed by atoms with Gasteiger partial charge in [-0.05, 0) is 44.5 Å². The number of piperazine rings is 1. The molecule has 10 nitrogen and oxygen atoms in total. The number of methoxy groups -OCH3 is 1. The molecule has 1 aliphatic rings. The predicted octanol–water partition coefficient (Wildman–Crippen LogP) is 2.48. The zero-order valence-corrected chi connectivity index (χ0v) is 22.0. The van der Waals surface area contributed by atoms with Gasteiger partial charge >= 0.3 is 0 Å². The topological polar surface area (TPSA) is 118 Å². The molecule has 1 fully saturated rings. The third-order valence-corrected chi connectivity index (χ3v) is 6.90. The van der Waals surface area contributed by atoms with Gasteiger partial charge in [0.15, 0.2) is 5.82 Å². The Morgan fingerprint density at radius 2 is 1.92 bits per heavy atom. The number of nitrogens with one attached hydrogen (secondary N) is 1. The Hall–Kier alpha value is -2.95. The minimum absolute atomic E-state index is 0.0857. The van der Waals surface area contributed by atoms with Crippen LogP contribution in [-0.4, -0.2) is 87.6 Å². The lowest BCUT2D eigenvalue weighted by atomic mass is 10.1. The Morgan fingerprint density at radius 3 is 2.61 bits per heavy atom. The van der Waals surface area contributed by atoms with Gasteiger partial charge in [0, 0.05) is 50.9 Å². The lowest BCUT2D eigenvalue weighted by Gasteiger charge is -2.32. The number of rotatable bonds is 11. The number of benzene rings is 1. The van der Waals surface area contributed by atoms with E-state index in [0.29, 0.717) is 18.8 Å². The van der Waals surface area contributed by atoms with Crippen LogP contribution in [0.5, 0.6) is 5.75 Å². The first-order valence-corrected chi connectivity index (χ1v) is 12.9. The molecule has 2 aromatic heterocycles. The average Bonchev–Trinajstić information content (AvgIpc) is 3.16. The highest BCUT2D eigenvalue weighted by Gasteiger charge is 2.20. The fraction of sp³-hybridized carbons (Fsp3) is 0.577. The van der Waals surface area contributed by atoms with Crippen LogP contribution in [-0.2, 0) is 13.1 Å². The number of ether oxygens (including phenoxy) is 1. The Kier molecular flexibility index (Phi) is 8.60. The standard InChI is InChI=1S/C26H40N8O2/c1-5-6-21(9-14-35)28-25-24-23(29-26(27)30-25)18(2)31-34(24)17-20-15-19(7-8-22(20)36-4)16-33-12-10-32(3)11-13-33/h7-8,15,21,35H,5-6,9-14,16-17H2,1-4H3,(H3,27,28,29,30)/t21-/m0/s1. The van der Waals surface area contributed by atoms with Gasteiger partial charge in [-0.15, -0.1) is 0 Å². The van der Waals surface area contributed by atoms with E-state index in [1.807, 2.05) is 17.7 Å². The van der Waals surface area contributed by atoms with Crippen LogP contribution in [0.4, 0.5) is 11.8 Å². The van der Waals surface area contributed by atoms with E-state index in [1.165, 1.54) is 5.56 Å². The third-order valence-electron chi connectivity index (χ3n) is 6.90. The molecular formula is C26H40N8O2. The number of hydrogen-bond acceptors (Lipinski definition) is 9. The molecule has 0 aliphatic carbocycles. The van der Waals surface area contributed by atoms with E-state index in [-0.39, 0.29) is 18.6 Å². The summed E-state index contributed by atoms with van der Waals surface area (Å²) in [5.41, 5.74) is 10.7. The van der Waals surface area contributed by atoms with Crippen LogP contribution in [0.2, 0.25) is 0 Å². The van der Waals surface area contributed by atoms with Crippen molar-refractivity contribution in [1.29, 1.82) is 0 Å². The van der Waals surface area contributed by atoms with Gasteiger partial charge in [0.2, 0.25) is 5.95 Å². The van der Waals surface area contributed by atoms with E-state index >= 15 is 0 Å². The van der Waals surface area contributed by atoms with Crippen LogP contribution in [0.3, 0.4) is 0 Å². The Morgan fingerprint density at radius 1 is 1.14 bits per heavy atom. The predicted molar refractivity (Wildman–Crippen MR) is 143 cm³/mol. The van der Waals surface area contributed by atoms with Gasteiger partial charge in [-0.2, -0.15) is 10.1 Å². The molecule has 196 valence electrons. The van der Waals surface area contributed by atoms with Crippen molar-refractivity contribution in [2.45, 2.75) is 52.2 Å². The van der Waals surface area contributed by atoms with Gasteiger partial charge < -0.3 is 25.8 Å². The molecule has 0 spiro atoms. The Bertz CT molecular complexity index is 1150. The molecule has 1 aromatic carbocycles. The van der Waals surface area contributed by atoms with Crippen LogP contribution in [0.15, 0.2) is 18.2 Å². The first kappa shape index (κ1) is 26.1. The van der Waals surface area contributed by atoms with Gasteiger partial charge in [-0.3, -0.25) is 9.58 Å². The van der Waals surface area contributed by atoms with E-state index in [4.69, 9.17) is 15.6 Å². The van der Waals surface area contributed by atoms with E-state index in [1.54, 1.807) is 7.11 Å². The van der Waals surface area contributed by atoms with Crippen LogP contribution < -0.4 is 15.8 Å². The SMILES string of the molecule is CCC[C@@H](CCO)Nc1nc(N)nc2c(C)nn(Cc3cc(CN4CCN(C)CC4)ccc3OC)c12. The number of aromatic nitrogens is 4. The van der Waals surface area contributed by atoms with Crippen molar-refractivity contribution in [3.8, 4) is 5.75 Å². The quantitative estimate of drug-likeness (QED) is 0.368. The third kappa shape index (κ3) is 6.05. The molecule has 0 unspecified atom stereocenters. The molecule has 4 N–H and O–H groups in total. The molecule has 3 aromatic rings. The zero-order valence-electron chi connectivity index (χ0n) is 22.0. The lowest BCUT2D eigenvalue weighted by molar-refractivity contribution is 0.148. The van der Waals surface area contributed by atoms with E-state index in [9.17, 15) is 5.11 Å². The van der Waals surface area contributed by atoms with Crippen LogP contribution in [0.1, 0.15) is 43.0 Å². The number of aryl methyl sites for hydroxylation is 1. The minimum atomic E-state index is 0.0857. The van der Waals surface area contributed by atoms with Crippen molar-refractivity contribution in [2.75, 3.05) is 58.0 Å². The highest BCUT2D eigenvalue weighted by atomic mass is 16.5. The fourth-order valence-corrected chi connectivity index (χ4v) is 4.93. The molecule has 0 bridgehead atoms. The van der Waals surface area contributed by atoms with E-state index in [2.05, 4.69) is 51.2 Å². The van der Waals surface area contributed by atoms with Crippen molar-refractivity contribution in [3.63, 3.8) is 0 Å². The van der Waals surface area contributed by atoms with Crippen LogP contribution in [0, 0.1) is 6.92 Å². The van der Waals surface area contributed by atoms with E-state index < -0.39 is 0 Å². The maximum absolute atomic E-state index is 9.54. The number of aliphatic hydroxyl groups is 1. The highest BCUT2D eigenvalue weighted by Crippen LogP contribution is 2.29. The lowest BCUT2D eigenvalue weighted by Crippen LogP contribution is -2.43. The number of nitrogen functional groups attached to an aromatic ring is 1. The Labute approximate surface area is 213 Å². The average molecular weight is 497 g/mol. The minimum Gasteiger partial charge on any atom is -0.496 e. The molecule has 10 heteroatoms. The second-order valence-electron chi connectivity index (χ2n) is 9.74. The molecular weight excluding hydrogens is 456 g/mol. The largest absolute Gasteiger partial charge is 0.496 e. The van der Waals surface area contributed by atoms with Crippen molar-refractivity contribution in [1.82, 2.24) is 29.5 Å². The van der Waals surface area contributed by atoms with Gasteiger partial charge in [0.25, 0.3) is 0 Å². The second-order valence-corrected chi connectivity index (χ2v) is 9.74. The first-order valence-electron chi connectivity index (χ1n) is 12.9.